The molecule has 1 aliphatic heterocycles. The molecule has 0 atom stereocenters. The number of carbonyl (C=O) groups excluding carboxylic acids is 2. The lowest BCUT2D eigenvalue weighted by molar-refractivity contribution is -0.123. The summed E-state index contributed by atoms with van der Waals surface area (Å²) in [5, 5.41) is 3.21. The number of urea groups is 1. The lowest BCUT2D eigenvalue weighted by Gasteiger charge is -2.13. The summed E-state index contributed by atoms with van der Waals surface area (Å²) in [5.41, 5.74) is 1.67. The highest BCUT2D eigenvalue weighted by atomic mass is 127. The van der Waals surface area contributed by atoms with Crippen molar-refractivity contribution >= 4 is 52.2 Å². The summed E-state index contributed by atoms with van der Waals surface area (Å²) >= 11 is 8.00. The van der Waals surface area contributed by atoms with Crippen LogP contribution in [0, 0.1) is 15.9 Å². The van der Waals surface area contributed by atoms with E-state index < -0.39 is 11.9 Å². The molecule has 1 heterocycles. The number of rotatable bonds is 7. The van der Waals surface area contributed by atoms with Gasteiger partial charge in [-0.1, -0.05) is 29.7 Å². The molecule has 1 aliphatic rings. The Balaban J connectivity index is 1.85. The highest BCUT2D eigenvalue weighted by Crippen LogP contribution is 2.35. The van der Waals surface area contributed by atoms with Crippen molar-refractivity contribution < 1.29 is 19.1 Å². The molecule has 2 aromatic rings. The zero-order valence-corrected chi connectivity index (χ0v) is 19.0. The predicted molar refractivity (Wildman–Crippen MR) is 123 cm³/mol. The maximum Gasteiger partial charge on any atom is 0.329 e. The van der Waals surface area contributed by atoms with Gasteiger partial charge in [-0.25, -0.2) is 4.79 Å². The van der Waals surface area contributed by atoms with E-state index in [1.165, 1.54) is 0 Å². The molecule has 0 unspecified atom stereocenters. The zero-order valence-electron chi connectivity index (χ0n) is 16.1. The van der Waals surface area contributed by atoms with Crippen LogP contribution in [-0.2, 0) is 11.3 Å². The van der Waals surface area contributed by atoms with E-state index >= 15 is 0 Å². The Labute approximate surface area is 193 Å². The van der Waals surface area contributed by atoms with Crippen molar-refractivity contribution in [1.29, 1.82) is 0 Å². The highest BCUT2D eigenvalue weighted by Gasteiger charge is 2.33. The van der Waals surface area contributed by atoms with Crippen molar-refractivity contribution in [1.82, 2.24) is 10.2 Å². The SMILES string of the molecule is C#CCOc1c(I)cc(/C=C2\NC(=O)N(Cc3ccc(Cl)cc3)C2=O)cc1OCC. The number of nitrogens with zero attached hydrogens (tertiary/aromatic N) is 1. The average Bonchev–Trinajstić information content (AvgIpc) is 2.96. The number of carbonyl (C=O) groups is 2. The molecule has 8 heteroatoms. The fourth-order valence-corrected chi connectivity index (χ4v) is 3.75. The number of amides is 3. The monoisotopic (exact) mass is 536 g/mol. The van der Waals surface area contributed by atoms with Crippen LogP contribution < -0.4 is 14.8 Å². The van der Waals surface area contributed by atoms with Gasteiger partial charge < -0.3 is 14.8 Å². The molecule has 1 fully saturated rings. The quantitative estimate of drug-likeness (QED) is 0.246. The third-order valence-corrected chi connectivity index (χ3v) is 5.21. The van der Waals surface area contributed by atoms with Gasteiger partial charge in [0.05, 0.1) is 16.7 Å². The first kappa shape index (κ1) is 22.0. The van der Waals surface area contributed by atoms with Crippen LogP contribution in [0.5, 0.6) is 11.5 Å². The van der Waals surface area contributed by atoms with E-state index in [2.05, 4.69) is 33.8 Å². The van der Waals surface area contributed by atoms with Gasteiger partial charge in [0.25, 0.3) is 5.91 Å². The molecule has 1 N–H and O–H groups in total. The number of benzene rings is 2. The minimum absolute atomic E-state index is 0.116. The number of ether oxygens (including phenoxy) is 2. The van der Waals surface area contributed by atoms with Gasteiger partial charge in [-0.05, 0) is 71.0 Å². The van der Waals surface area contributed by atoms with E-state index in [4.69, 9.17) is 27.5 Å². The largest absolute Gasteiger partial charge is 0.490 e. The Morgan fingerprint density at radius 2 is 1.97 bits per heavy atom. The van der Waals surface area contributed by atoms with Crippen molar-refractivity contribution in [2.45, 2.75) is 13.5 Å². The Kier molecular flexibility index (Phi) is 7.24. The van der Waals surface area contributed by atoms with E-state index in [9.17, 15) is 9.59 Å². The molecule has 154 valence electrons. The van der Waals surface area contributed by atoms with Gasteiger partial charge in [-0.2, -0.15) is 0 Å². The van der Waals surface area contributed by atoms with Gasteiger partial charge in [0.15, 0.2) is 11.5 Å². The van der Waals surface area contributed by atoms with Gasteiger partial charge in [-0.3, -0.25) is 9.69 Å². The molecule has 2 aromatic carbocycles. The van der Waals surface area contributed by atoms with E-state index in [1.54, 1.807) is 36.4 Å². The van der Waals surface area contributed by atoms with Crippen molar-refractivity contribution in [2.24, 2.45) is 0 Å². The number of hydrogen-bond donors (Lipinski definition) is 1. The van der Waals surface area contributed by atoms with Crippen molar-refractivity contribution in [2.75, 3.05) is 13.2 Å². The molecule has 0 bridgehead atoms. The molecular weight excluding hydrogens is 519 g/mol. The maximum atomic E-state index is 12.8. The van der Waals surface area contributed by atoms with Crippen LogP contribution in [0.25, 0.3) is 6.08 Å². The number of nitrogens with one attached hydrogen (secondary N) is 1. The average molecular weight is 537 g/mol. The molecule has 0 radical (unpaired) electrons. The van der Waals surface area contributed by atoms with E-state index in [1.807, 2.05) is 13.0 Å². The van der Waals surface area contributed by atoms with Crippen LogP contribution in [0.2, 0.25) is 5.02 Å². The van der Waals surface area contributed by atoms with Crippen LogP contribution >= 0.6 is 34.2 Å². The van der Waals surface area contributed by atoms with Crippen LogP contribution in [0.4, 0.5) is 4.79 Å². The Bertz CT molecular complexity index is 1040. The number of imide groups is 1. The Morgan fingerprint density at radius 1 is 1.23 bits per heavy atom. The summed E-state index contributed by atoms with van der Waals surface area (Å²) in [6.45, 7) is 2.57. The van der Waals surface area contributed by atoms with Gasteiger partial charge in [0, 0.05) is 5.02 Å². The summed E-state index contributed by atoms with van der Waals surface area (Å²) < 4.78 is 12.0. The maximum absolute atomic E-state index is 12.8. The molecule has 0 aliphatic carbocycles. The van der Waals surface area contributed by atoms with Crippen LogP contribution in [0.1, 0.15) is 18.1 Å². The molecule has 6 nitrogen and oxygen atoms in total. The second kappa shape index (κ2) is 9.87. The first-order valence-electron chi connectivity index (χ1n) is 9.04. The third kappa shape index (κ3) is 5.07. The van der Waals surface area contributed by atoms with Gasteiger partial charge in [0.2, 0.25) is 0 Å². The lowest BCUT2D eigenvalue weighted by Crippen LogP contribution is -2.30. The first-order valence-corrected chi connectivity index (χ1v) is 10.5. The van der Waals surface area contributed by atoms with Crippen LogP contribution in [-0.4, -0.2) is 30.1 Å². The Hall–Kier alpha value is -2.70. The highest BCUT2D eigenvalue weighted by molar-refractivity contribution is 14.1. The molecule has 1 saturated heterocycles. The third-order valence-electron chi connectivity index (χ3n) is 4.16. The number of hydrogen-bond acceptors (Lipinski definition) is 4. The van der Waals surface area contributed by atoms with Gasteiger partial charge in [0.1, 0.15) is 12.3 Å². The lowest BCUT2D eigenvalue weighted by atomic mass is 10.1. The van der Waals surface area contributed by atoms with Crippen LogP contribution in [0.3, 0.4) is 0 Å². The van der Waals surface area contributed by atoms with E-state index in [0.717, 1.165) is 14.0 Å². The van der Waals surface area contributed by atoms with E-state index in [-0.39, 0.29) is 18.8 Å². The second-order valence-electron chi connectivity index (χ2n) is 6.26. The first-order chi connectivity index (χ1) is 14.4. The van der Waals surface area contributed by atoms with Crippen molar-refractivity contribution in [3.8, 4) is 23.8 Å². The van der Waals surface area contributed by atoms with Crippen molar-refractivity contribution in [3.63, 3.8) is 0 Å². The minimum atomic E-state index is -0.477. The minimum Gasteiger partial charge on any atom is -0.490 e. The molecule has 0 spiro atoms. The summed E-state index contributed by atoms with van der Waals surface area (Å²) in [5.74, 6) is 3.08. The predicted octanol–water partition coefficient (Wildman–Crippen LogP) is 4.45. The summed E-state index contributed by atoms with van der Waals surface area (Å²) in [6, 6.07) is 10.1. The molecule has 3 amide bonds. The molecule has 0 aromatic heterocycles. The van der Waals surface area contributed by atoms with E-state index in [0.29, 0.717) is 28.7 Å². The zero-order chi connectivity index (χ0) is 21.7. The topological polar surface area (TPSA) is 67.9 Å². The molecule has 0 saturated carbocycles. The normalized spacial score (nSPS) is 14.6. The number of terminal acetylenes is 1. The smallest absolute Gasteiger partial charge is 0.329 e. The standard InChI is InChI=1S/C22H18ClIN2O4/c1-3-9-30-20-17(24)10-15(12-19(20)29-4-2)11-18-21(27)26(22(28)25-18)13-14-5-7-16(23)8-6-14/h1,5-8,10-12H,4,9,13H2,2H3,(H,25,28)/b18-11-. The second-order valence-corrected chi connectivity index (χ2v) is 7.86. The van der Waals surface area contributed by atoms with Gasteiger partial charge >= 0.3 is 6.03 Å². The summed E-state index contributed by atoms with van der Waals surface area (Å²) in [6.07, 6.45) is 6.89. The fraction of sp³-hybridized carbons (Fsp3) is 0.182. The summed E-state index contributed by atoms with van der Waals surface area (Å²) in [4.78, 5) is 26.2. The molecular formula is C22H18ClIN2O4. The summed E-state index contributed by atoms with van der Waals surface area (Å²) in [7, 11) is 0. The molecule has 3 rings (SSSR count). The fourth-order valence-electron chi connectivity index (χ4n) is 2.84. The van der Waals surface area contributed by atoms with Crippen LogP contribution in [0.15, 0.2) is 42.1 Å². The Morgan fingerprint density at radius 3 is 2.63 bits per heavy atom. The molecule has 30 heavy (non-hydrogen) atoms. The number of halogens is 2. The van der Waals surface area contributed by atoms with Gasteiger partial charge in [-0.15, -0.1) is 6.42 Å². The van der Waals surface area contributed by atoms with Crippen molar-refractivity contribution in [3.05, 3.63) is 61.8 Å².